The number of ether oxygens (including phenoxy) is 1. The molecule has 0 atom stereocenters. The van der Waals surface area contributed by atoms with E-state index in [4.69, 9.17) is 4.74 Å². The van der Waals surface area contributed by atoms with Crippen LogP contribution in [0.15, 0.2) is 47.4 Å². The van der Waals surface area contributed by atoms with Gasteiger partial charge >= 0.3 is 0 Å². The molecule has 138 valence electrons. The molecule has 2 N–H and O–H groups in total. The summed E-state index contributed by atoms with van der Waals surface area (Å²) in [5.41, 5.74) is 2.52. The highest BCUT2D eigenvalue weighted by molar-refractivity contribution is 7.89. The third-order valence-corrected chi connectivity index (χ3v) is 5.83. The standard InChI is InChI=1S/C19H22N2O4S/c1-25-18-8-3-2-6-14(18)7-4-5-11-20-26(23,24)16-9-10-17-15(12-16)13-19(22)21-17/h2-3,6,8-10,12,20H,4-5,7,11,13H2,1H3,(H,21,22). The number of aryl methyl sites for hydroxylation is 1. The van der Waals surface area contributed by atoms with Crippen molar-refractivity contribution in [2.75, 3.05) is 19.0 Å². The Labute approximate surface area is 153 Å². The number of para-hydroxylation sites is 1. The summed E-state index contributed by atoms with van der Waals surface area (Å²) < 4.78 is 32.8. The van der Waals surface area contributed by atoms with Crippen molar-refractivity contribution in [2.45, 2.75) is 30.6 Å². The average Bonchev–Trinajstić information content (AvgIpc) is 3.01. The first kappa shape index (κ1) is 18.4. The molecule has 0 spiro atoms. The van der Waals surface area contributed by atoms with E-state index in [-0.39, 0.29) is 17.2 Å². The molecule has 0 saturated heterocycles. The van der Waals surface area contributed by atoms with Crippen LogP contribution in [0.25, 0.3) is 0 Å². The van der Waals surface area contributed by atoms with Gasteiger partial charge in [0.1, 0.15) is 5.75 Å². The number of amides is 1. The number of unbranched alkanes of at least 4 members (excludes halogenated alkanes) is 1. The number of nitrogens with one attached hydrogen (secondary N) is 2. The zero-order valence-electron chi connectivity index (χ0n) is 14.6. The molecule has 2 aromatic rings. The second-order valence-electron chi connectivity index (χ2n) is 6.21. The lowest BCUT2D eigenvalue weighted by molar-refractivity contribution is -0.115. The minimum absolute atomic E-state index is 0.112. The lowest BCUT2D eigenvalue weighted by Crippen LogP contribution is -2.25. The Morgan fingerprint density at radius 3 is 2.77 bits per heavy atom. The number of carbonyl (C=O) groups is 1. The third kappa shape index (κ3) is 4.23. The maximum absolute atomic E-state index is 12.4. The van der Waals surface area contributed by atoms with E-state index in [1.165, 1.54) is 6.07 Å². The van der Waals surface area contributed by atoms with Crippen LogP contribution in [-0.4, -0.2) is 28.0 Å². The minimum atomic E-state index is -3.57. The molecule has 1 aliphatic rings. The number of fused-ring (bicyclic) bond motifs is 1. The van der Waals surface area contributed by atoms with Gasteiger partial charge in [-0.2, -0.15) is 0 Å². The van der Waals surface area contributed by atoms with Gasteiger partial charge in [-0.3, -0.25) is 4.79 Å². The molecule has 0 saturated carbocycles. The van der Waals surface area contributed by atoms with Gasteiger partial charge in [0.25, 0.3) is 0 Å². The van der Waals surface area contributed by atoms with Crippen LogP contribution >= 0.6 is 0 Å². The lowest BCUT2D eigenvalue weighted by Gasteiger charge is -2.09. The molecule has 0 fully saturated rings. The van der Waals surface area contributed by atoms with Gasteiger partial charge in [0, 0.05) is 12.2 Å². The molecule has 2 aromatic carbocycles. The molecule has 3 rings (SSSR count). The fourth-order valence-electron chi connectivity index (χ4n) is 3.01. The number of carbonyl (C=O) groups excluding carboxylic acids is 1. The van der Waals surface area contributed by atoms with E-state index in [0.717, 1.165) is 30.6 Å². The lowest BCUT2D eigenvalue weighted by atomic mass is 10.1. The maximum atomic E-state index is 12.4. The van der Waals surface area contributed by atoms with E-state index >= 15 is 0 Å². The number of sulfonamides is 1. The van der Waals surface area contributed by atoms with Crippen LogP contribution in [0.4, 0.5) is 5.69 Å². The van der Waals surface area contributed by atoms with Gasteiger partial charge in [-0.1, -0.05) is 18.2 Å². The molecule has 1 heterocycles. The maximum Gasteiger partial charge on any atom is 0.240 e. The second kappa shape index (κ2) is 7.88. The Balaban J connectivity index is 1.51. The summed E-state index contributed by atoms with van der Waals surface area (Å²) in [4.78, 5) is 11.6. The van der Waals surface area contributed by atoms with Gasteiger partial charge < -0.3 is 10.1 Å². The summed E-state index contributed by atoms with van der Waals surface area (Å²) in [6, 6.07) is 12.5. The number of benzene rings is 2. The molecule has 0 radical (unpaired) electrons. The summed E-state index contributed by atoms with van der Waals surface area (Å²) in [6.07, 6.45) is 2.63. The van der Waals surface area contributed by atoms with E-state index in [1.54, 1.807) is 19.2 Å². The Hall–Kier alpha value is -2.38. The second-order valence-corrected chi connectivity index (χ2v) is 7.98. The fourth-order valence-corrected chi connectivity index (χ4v) is 4.14. The fraction of sp³-hybridized carbons (Fsp3) is 0.316. The quantitative estimate of drug-likeness (QED) is 0.695. The van der Waals surface area contributed by atoms with Crippen molar-refractivity contribution in [3.63, 3.8) is 0 Å². The van der Waals surface area contributed by atoms with Crippen molar-refractivity contribution in [1.82, 2.24) is 4.72 Å². The molecule has 26 heavy (non-hydrogen) atoms. The SMILES string of the molecule is COc1ccccc1CCCCNS(=O)(=O)c1ccc2c(c1)CC(=O)N2. The zero-order chi connectivity index (χ0) is 18.6. The molecule has 0 unspecified atom stereocenters. The summed E-state index contributed by atoms with van der Waals surface area (Å²) in [6.45, 7) is 0.367. The first-order chi connectivity index (χ1) is 12.5. The van der Waals surface area contributed by atoms with Gasteiger partial charge in [0.2, 0.25) is 15.9 Å². The Morgan fingerprint density at radius 1 is 1.15 bits per heavy atom. The van der Waals surface area contributed by atoms with E-state index in [0.29, 0.717) is 17.8 Å². The number of methoxy groups -OCH3 is 1. The van der Waals surface area contributed by atoms with E-state index < -0.39 is 10.0 Å². The van der Waals surface area contributed by atoms with Gasteiger partial charge in [-0.15, -0.1) is 0 Å². The van der Waals surface area contributed by atoms with E-state index in [1.807, 2.05) is 24.3 Å². The molecule has 0 aliphatic carbocycles. The number of hydrogen-bond acceptors (Lipinski definition) is 4. The van der Waals surface area contributed by atoms with Crippen LogP contribution in [0.5, 0.6) is 5.75 Å². The summed E-state index contributed by atoms with van der Waals surface area (Å²) in [5, 5.41) is 2.70. The molecule has 1 aliphatic heterocycles. The molecule has 0 bridgehead atoms. The van der Waals surface area contributed by atoms with Crippen molar-refractivity contribution in [2.24, 2.45) is 0 Å². The van der Waals surface area contributed by atoms with Crippen molar-refractivity contribution in [3.05, 3.63) is 53.6 Å². The largest absolute Gasteiger partial charge is 0.496 e. The molecular weight excluding hydrogens is 352 g/mol. The van der Waals surface area contributed by atoms with Gasteiger partial charge in [0.05, 0.1) is 18.4 Å². The van der Waals surface area contributed by atoms with Crippen molar-refractivity contribution < 1.29 is 17.9 Å². The van der Waals surface area contributed by atoms with Gasteiger partial charge in [-0.05, 0) is 54.7 Å². The van der Waals surface area contributed by atoms with E-state index in [9.17, 15) is 13.2 Å². The monoisotopic (exact) mass is 374 g/mol. The summed E-state index contributed by atoms with van der Waals surface area (Å²) in [5.74, 6) is 0.744. The van der Waals surface area contributed by atoms with Crippen LogP contribution in [0.3, 0.4) is 0 Å². The van der Waals surface area contributed by atoms with Crippen molar-refractivity contribution in [1.29, 1.82) is 0 Å². The van der Waals surface area contributed by atoms with Gasteiger partial charge in [-0.25, -0.2) is 13.1 Å². The molecular formula is C19H22N2O4S. The van der Waals surface area contributed by atoms with Crippen molar-refractivity contribution in [3.8, 4) is 5.75 Å². The summed E-state index contributed by atoms with van der Waals surface area (Å²) >= 11 is 0. The predicted octanol–water partition coefficient (Wildman–Crippen LogP) is 2.49. The highest BCUT2D eigenvalue weighted by Gasteiger charge is 2.21. The minimum Gasteiger partial charge on any atom is -0.496 e. The molecule has 1 amide bonds. The highest BCUT2D eigenvalue weighted by atomic mass is 32.2. The Kier molecular flexibility index (Phi) is 5.58. The van der Waals surface area contributed by atoms with Crippen LogP contribution in [0, 0.1) is 0 Å². The average molecular weight is 374 g/mol. The van der Waals surface area contributed by atoms with Gasteiger partial charge in [0.15, 0.2) is 0 Å². The molecule has 0 aromatic heterocycles. The van der Waals surface area contributed by atoms with Crippen LogP contribution in [-0.2, 0) is 27.7 Å². The smallest absolute Gasteiger partial charge is 0.240 e. The molecule has 6 nitrogen and oxygen atoms in total. The van der Waals surface area contributed by atoms with Crippen LogP contribution in [0.2, 0.25) is 0 Å². The normalized spacial score (nSPS) is 13.3. The number of anilines is 1. The zero-order valence-corrected chi connectivity index (χ0v) is 15.4. The van der Waals surface area contributed by atoms with E-state index in [2.05, 4.69) is 10.0 Å². The highest BCUT2D eigenvalue weighted by Crippen LogP contribution is 2.25. The number of rotatable bonds is 8. The predicted molar refractivity (Wildman–Crippen MR) is 99.9 cm³/mol. The third-order valence-electron chi connectivity index (χ3n) is 4.37. The Morgan fingerprint density at radius 2 is 1.96 bits per heavy atom. The topological polar surface area (TPSA) is 84.5 Å². The summed E-state index contributed by atoms with van der Waals surface area (Å²) in [7, 11) is -1.93. The van der Waals surface area contributed by atoms with Crippen LogP contribution in [0.1, 0.15) is 24.0 Å². The van der Waals surface area contributed by atoms with Crippen LogP contribution < -0.4 is 14.8 Å². The van der Waals surface area contributed by atoms with Crippen molar-refractivity contribution >= 4 is 21.6 Å². The Bertz CT molecular complexity index is 910. The first-order valence-electron chi connectivity index (χ1n) is 8.54. The first-order valence-corrected chi connectivity index (χ1v) is 10.0. The molecule has 7 heteroatoms. The number of hydrogen-bond donors (Lipinski definition) is 2.